The van der Waals surface area contributed by atoms with Gasteiger partial charge in [0.05, 0.1) is 10.1 Å². The number of allylic oxidation sites excluding steroid dienone is 4. The third-order valence-corrected chi connectivity index (χ3v) is 9.42. The van der Waals surface area contributed by atoms with Crippen LogP contribution in [0.2, 0.25) is 0 Å². The van der Waals surface area contributed by atoms with Crippen molar-refractivity contribution in [1.82, 2.24) is 0 Å². The Balaban J connectivity index is 2.03. The molecule has 4 aliphatic carbocycles. The summed E-state index contributed by atoms with van der Waals surface area (Å²) in [5.41, 5.74) is 0. The Morgan fingerprint density at radius 2 is 1.22 bits per heavy atom. The fourth-order valence-corrected chi connectivity index (χ4v) is 7.61. The Morgan fingerprint density at radius 1 is 0.833 bits per heavy atom. The van der Waals surface area contributed by atoms with Crippen molar-refractivity contribution in [2.75, 3.05) is 0 Å². The highest BCUT2D eigenvalue weighted by molar-refractivity contribution is 6.65. The van der Waals surface area contributed by atoms with Crippen molar-refractivity contribution in [1.29, 1.82) is 0 Å². The first-order chi connectivity index (χ1) is 8.28. The second-order valence-corrected chi connectivity index (χ2v) is 8.90. The highest BCUT2D eigenvalue weighted by Gasteiger charge is 2.85. The van der Waals surface area contributed by atoms with Gasteiger partial charge in [-0.25, -0.2) is 0 Å². The zero-order chi connectivity index (χ0) is 13.1. The van der Waals surface area contributed by atoms with Crippen molar-refractivity contribution < 1.29 is 0 Å². The lowest BCUT2D eigenvalue weighted by Crippen LogP contribution is -2.46. The van der Waals surface area contributed by atoms with Crippen molar-refractivity contribution in [3.8, 4) is 0 Å². The molecule has 0 amide bonds. The molecule has 3 unspecified atom stereocenters. The van der Waals surface area contributed by atoms with Crippen LogP contribution in [0.3, 0.4) is 0 Å². The SMILES string of the molecule is ClC1=C(Cl)[C@@]2(Cl)[C@@H]3C4C=CC(C4)[C@@H]3C1(Cl)C2(Cl)Cl. The molecular weight excluding hydrogens is 357 g/mol. The molecular formula is C12H8Cl6. The Labute approximate surface area is 135 Å². The molecule has 0 aliphatic heterocycles. The number of fused-ring (bicyclic) bond motifs is 9. The number of rotatable bonds is 0. The van der Waals surface area contributed by atoms with Gasteiger partial charge >= 0.3 is 0 Å². The summed E-state index contributed by atoms with van der Waals surface area (Å²) in [6.07, 6.45) is 5.40. The van der Waals surface area contributed by atoms with Gasteiger partial charge in [0.25, 0.3) is 0 Å². The molecule has 98 valence electrons. The molecule has 0 radical (unpaired) electrons. The summed E-state index contributed by atoms with van der Waals surface area (Å²) >= 11 is 39.2. The summed E-state index contributed by atoms with van der Waals surface area (Å²) in [7, 11) is 0. The molecule has 2 saturated carbocycles. The van der Waals surface area contributed by atoms with E-state index >= 15 is 0 Å². The van der Waals surface area contributed by atoms with Crippen LogP contribution in [0.25, 0.3) is 0 Å². The maximum Gasteiger partial charge on any atom is 0.166 e. The predicted molar refractivity (Wildman–Crippen MR) is 78.1 cm³/mol. The van der Waals surface area contributed by atoms with Crippen LogP contribution in [0.1, 0.15) is 6.42 Å². The van der Waals surface area contributed by atoms with Crippen LogP contribution in [0, 0.1) is 23.7 Å². The van der Waals surface area contributed by atoms with Crippen LogP contribution in [0.5, 0.6) is 0 Å². The minimum absolute atomic E-state index is 0.0664. The molecule has 0 N–H and O–H groups in total. The average molecular weight is 365 g/mol. The minimum atomic E-state index is -1.37. The first kappa shape index (κ1) is 12.9. The lowest BCUT2D eigenvalue weighted by molar-refractivity contribution is 0.305. The molecule has 6 heteroatoms. The van der Waals surface area contributed by atoms with Crippen molar-refractivity contribution >= 4 is 69.6 Å². The van der Waals surface area contributed by atoms with E-state index in [1.165, 1.54) is 0 Å². The zero-order valence-electron chi connectivity index (χ0n) is 8.94. The summed E-state index contributed by atoms with van der Waals surface area (Å²) in [5, 5.41) is 0.654. The number of alkyl halides is 4. The number of hydrogen-bond donors (Lipinski definition) is 0. The van der Waals surface area contributed by atoms with Crippen LogP contribution < -0.4 is 0 Å². The largest absolute Gasteiger partial charge is 0.166 e. The van der Waals surface area contributed by atoms with E-state index in [2.05, 4.69) is 12.2 Å². The van der Waals surface area contributed by atoms with Gasteiger partial charge in [0, 0.05) is 0 Å². The molecule has 0 nitrogen and oxygen atoms in total. The summed E-state index contributed by atoms with van der Waals surface area (Å²) in [6, 6.07) is 0. The summed E-state index contributed by atoms with van der Waals surface area (Å²) in [5.74, 6) is 0.815. The first-order valence-corrected chi connectivity index (χ1v) is 8.05. The fraction of sp³-hybridized carbons (Fsp3) is 0.667. The average Bonchev–Trinajstić information content (AvgIpc) is 2.97. The topological polar surface area (TPSA) is 0 Å². The van der Waals surface area contributed by atoms with E-state index in [0.717, 1.165) is 6.42 Å². The van der Waals surface area contributed by atoms with E-state index in [1.807, 2.05) is 0 Å². The van der Waals surface area contributed by atoms with Gasteiger partial charge in [-0.05, 0) is 30.1 Å². The molecule has 4 aliphatic rings. The van der Waals surface area contributed by atoms with Gasteiger partial charge in [0.1, 0.15) is 9.75 Å². The Morgan fingerprint density at radius 3 is 1.61 bits per heavy atom. The zero-order valence-corrected chi connectivity index (χ0v) is 13.5. The monoisotopic (exact) mass is 362 g/mol. The second-order valence-electron chi connectivity index (χ2n) is 5.63. The molecule has 4 bridgehead atoms. The first-order valence-electron chi connectivity index (χ1n) is 5.78. The standard InChI is InChI=1S/C12H8Cl6/c13-8-9(14)11(16)7-5-2-1-4(3-5)6(7)10(8,15)12(11,17)18/h1-2,4-7H,3H2/t4?,5?,6-,7+,10+,11?/m1/s1. The van der Waals surface area contributed by atoms with E-state index in [9.17, 15) is 0 Å². The van der Waals surface area contributed by atoms with Gasteiger partial charge < -0.3 is 0 Å². The normalized spacial score (nSPS) is 58.8. The molecule has 0 aromatic heterocycles. The Kier molecular flexibility index (Phi) is 2.40. The minimum Gasteiger partial charge on any atom is -0.109 e. The molecule has 0 aromatic rings. The highest BCUT2D eigenvalue weighted by Crippen LogP contribution is 2.81. The van der Waals surface area contributed by atoms with Crippen molar-refractivity contribution in [2.45, 2.75) is 20.5 Å². The molecule has 4 rings (SSSR count). The van der Waals surface area contributed by atoms with Gasteiger partial charge in [0.15, 0.2) is 4.33 Å². The maximum atomic E-state index is 6.76. The van der Waals surface area contributed by atoms with Gasteiger partial charge in [-0.1, -0.05) is 58.6 Å². The molecule has 0 spiro atoms. The van der Waals surface area contributed by atoms with Crippen LogP contribution in [-0.2, 0) is 0 Å². The van der Waals surface area contributed by atoms with Crippen LogP contribution >= 0.6 is 69.6 Å². The van der Waals surface area contributed by atoms with Gasteiger partial charge in [0.2, 0.25) is 0 Å². The third kappa shape index (κ3) is 0.973. The predicted octanol–water partition coefficient (Wildman–Crippen LogP) is 5.27. The second kappa shape index (κ2) is 3.34. The van der Waals surface area contributed by atoms with E-state index in [4.69, 9.17) is 69.6 Å². The quantitative estimate of drug-likeness (QED) is 0.312. The molecule has 0 aromatic carbocycles. The number of hydrogen-bond acceptors (Lipinski definition) is 0. The molecule has 18 heavy (non-hydrogen) atoms. The lowest BCUT2D eigenvalue weighted by atomic mass is 9.75. The van der Waals surface area contributed by atoms with Gasteiger partial charge in [-0.2, -0.15) is 0 Å². The van der Waals surface area contributed by atoms with Crippen LogP contribution in [-0.4, -0.2) is 14.1 Å². The van der Waals surface area contributed by atoms with Crippen LogP contribution in [0.4, 0.5) is 0 Å². The van der Waals surface area contributed by atoms with E-state index in [0.29, 0.717) is 21.9 Å². The van der Waals surface area contributed by atoms with Crippen molar-refractivity contribution in [2.24, 2.45) is 23.7 Å². The summed E-state index contributed by atoms with van der Waals surface area (Å²) in [4.78, 5) is -2.13. The summed E-state index contributed by atoms with van der Waals surface area (Å²) in [6.45, 7) is 0. The van der Waals surface area contributed by atoms with Gasteiger partial charge in [-0.15, -0.1) is 23.2 Å². The lowest BCUT2D eigenvalue weighted by Gasteiger charge is -2.37. The van der Waals surface area contributed by atoms with E-state index in [1.54, 1.807) is 0 Å². The molecule has 0 saturated heterocycles. The highest BCUT2D eigenvalue weighted by atomic mass is 35.5. The Bertz CT molecular complexity index is 481. The molecule has 2 fully saturated rings. The summed E-state index contributed by atoms with van der Waals surface area (Å²) < 4.78 is -1.37. The Hall–Kier alpha value is 1.22. The van der Waals surface area contributed by atoms with Crippen molar-refractivity contribution in [3.05, 3.63) is 22.2 Å². The van der Waals surface area contributed by atoms with Gasteiger partial charge in [-0.3, -0.25) is 0 Å². The smallest absolute Gasteiger partial charge is 0.109 e. The van der Waals surface area contributed by atoms with Crippen molar-refractivity contribution in [3.63, 3.8) is 0 Å². The fourth-order valence-electron chi connectivity index (χ4n) is 4.48. The molecule has 0 heterocycles. The third-order valence-electron chi connectivity index (χ3n) is 5.12. The maximum absolute atomic E-state index is 6.76. The van der Waals surface area contributed by atoms with E-state index < -0.39 is 14.1 Å². The molecule has 6 atom stereocenters. The number of halogens is 6. The van der Waals surface area contributed by atoms with Crippen LogP contribution in [0.15, 0.2) is 22.2 Å². The van der Waals surface area contributed by atoms with E-state index in [-0.39, 0.29) is 11.8 Å².